The van der Waals surface area contributed by atoms with Crippen molar-refractivity contribution in [1.29, 1.82) is 0 Å². The molecule has 4 heteroatoms. The third-order valence-corrected chi connectivity index (χ3v) is 3.98. The molecule has 3 rings (SSSR count). The largest absolute Gasteiger partial charge is 0.474 e. The van der Waals surface area contributed by atoms with Gasteiger partial charge in [0, 0.05) is 11.4 Å². The molecule has 0 spiro atoms. The second-order valence-electron chi connectivity index (χ2n) is 5.25. The molecule has 19 heavy (non-hydrogen) atoms. The molecule has 0 radical (unpaired) electrons. The Kier molecular flexibility index (Phi) is 4.04. The molecule has 2 aliphatic heterocycles. The van der Waals surface area contributed by atoms with Crippen LogP contribution in [-0.2, 0) is 11.2 Å². The highest BCUT2D eigenvalue weighted by atomic mass is 35.5. The van der Waals surface area contributed by atoms with Crippen LogP contribution in [0.4, 0.5) is 0 Å². The number of ether oxygens (including phenoxy) is 1. The fourth-order valence-corrected chi connectivity index (χ4v) is 2.81. The van der Waals surface area contributed by atoms with E-state index in [-0.39, 0.29) is 6.10 Å². The van der Waals surface area contributed by atoms with E-state index in [0.29, 0.717) is 6.04 Å². The molecule has 2 unspecified atom stereocenters. The summed E-state index contributed by atoms with van der Waals surface area (Å²) in [6, 6.07) is 8.31. The van der Waals surface area contributed by atoms with Crippen molar-refractivity contribution in [3.05, 3.63) is 34.9 Å². The maximum Gasteiger partial charge on any atom is 0.201 e. The molecule has 2 atom stereocenters. The molecule has 0 aliphatic carbocycles. The Labute approximate surface area is 119 Å². The number of hydrogen-bond acceptors (Lipinski definition) is 3. The lowest BCUT2D eigenvalue weighted by Crippen LogP contribution is -2.41. The average molecular weight is 279 g/mol. The van der Waals surface area contributed by atoms with Crippen LogP contribution in [0.1, 0.15) is 24.8 Å². The Morgan fingerprint density at radius 1 is 1.26 bits per heavy atom. The van der Waals surface area contributed by atoms with Gasteiger partial charge in [0.2, 0.25) is 5.90 Å². The third kappa shape index (κ3) is 3.28. The molecule has 0 saturated carbocycles. The van der Waals surface area contributed by atoms with Gasteiger partial charge >= 0.3 is 0 Å². The quantitative estimate of drug-likeness (QED) is 0.922. The number of benzene rings is 1. The molecule has 0 bridgehead atoms. The van der Waals surface area contributed by atoms with Gasteiger partial charge in [-0.15, -0.1) is 0 Å². The van der Waals surface area contributed by atoms with Gasteiger partial charge in [0.05, 0.1) is 12.6 Å². The number of nitrogens with one attached hydrogen (secondary N) is 1. The van der Waals surface area contributed by atoms with E-state index in [9.17, 15) is 0 Å². The molecule has 3 nitrogen and oxygen atoms in total. The first-order chi connectivity index (χ1) is 9.31. The van der Waals surface area contributed by atoms with Crippen LogP contribution in [-0.4, -0.2) is 31.1 Å². The zero-order valence-corrected chi connectivity index (χ0v) is 11.7. The maximum atomic E-state index is 5.99. The van der Waals surface area contributed by atoms with E-state index in [1.54, 1.807) is 0 Å². The lowest BCUT2D eigenvalue weighted by atomic mass is 10.1. The Morgan fingerprint density at radius 2 is 2.11 bits per heavy atom. The first kappa shape index (κ1) is 12.9. The summed E-state index contributed by atoms with van der Waals surface area (Å²) < 4.78 is 5.99. The average Bonchev–Trinajstić information content (AvgIpc) is 2.91. The molecule has 1 aromatic rings. The van der Waals surface area contributed by atoms with Crippen molar-refractivity contribution in [2.24, 2.45) is 4.99 Å². The standard InChI is InChI=1S/C15H19ClN2O/c16-12-6-4-11(5-7-12)9-13-10-18-15(19-13)14-3-1-2-8-17-14/h4-7,13-14,17H,1-3,8-10H2. The van der Waals surface area contributed by atoms with Crippen LogP contribution in [0.3, 0.4) is 0 Å². The predicted molar refractivity (Wildman–Crippen MR) is 78.0 cm³/mol. The van der Waals surface area contributed by atoms with Crippen LogP contribution in [0.15, 0.2) is 29.3 Å². The number of piperidine rings is 1. The van der Waals surface area contributed by atoms with Gasteiger partial charge in [-0.05, 0) is 37.1 Å². The van der Waals surface area contributed by atoms with Gasteiger partial charge in [0.15, 0.2) is 0 Å². The SMILES string of the molecule is Clc1ccc(CC2CN=C(C3CCCCN3)O2)cc1. The maximum absolute atomic E-state index is 5.99. The summed E-state index contributed by atoms with van der Waals surface area (Å²) >= 11 is 5.89. The topological polar surface area (TPSA) is 33.6 Å². The van der Waals surface area contributed by atoms with E-state index in [1.165, 1.54) is 18.4 Å². The van der Waals surface area contributed by atoms with E-state index in [1.807, 2.05) is 12.1 Å². The Morgan fingerprint density at radius 3 is 2.84 bits per heavy atom. The molecular formula is C15H19ClN2O. The van der Waals surface area contributed by atoms with Crippen molar-refractivity contribution < 1.29 is 4.74 Å². The fraction of sp³-hybridized carbons (Fsp3) is 0.533. The van der Waals surface area contributed by atoms with Crippen LogP contribution < -0.4 is 5.32 Å². The smallest absolute Gasteiger partial charge is 0.201 e. The van der Waals surface area contributed by atoms with Gasteiger partial charge in [-0.2, -0.15) is 0 Å². The van der Waals surface area contributed by atoms with Crippen LogP contribution in [0, 0.1) is 0 Å². The molecule has 1 N–H and O–H groups in total. The second-order valence-corrected chi connectivity index (χ2v) is 5.69. The van der Waals surface area contributed by atoms with Crippen molar-refractivity contribution in [3.8, 4) is 0 Å². The highest BCUT2D eigenvalue weighted by Crippen LogP contribution is 2.18. The number of halogens is 1. The zero-order chi connectivity index (χ0) is 13.1. The molecule has 2 aliphatic rings. The minimum absolute atomic E-state index is 0.180. The molecule has 0 aromatic heterocycles. The first-order valence-corrected chi connectivity index (χ1v) is 7.38. The molecular weight excluding hydrogens is 260 g/mol. The monoisotopic (exact) mass is 278 g/mol. The fourth-order valence-electron chi connectivity index (χ4n) is 2.68. The number of rotatable bonds is 3. The van der Waals surface area contributed by atoms with Crippen LogP contribution >= 0.6 is 11.6 Å². The Bertz CT molecular complexity index is 452. The van der Waals surface area contributed by atoms with E-state index in [4.69, 9.17) is 16.3 Å². The number of hydrogen-bond donors (Lipinski definition) is 1. The summed E-state index contributed by atoms with van der Waals surface area (Å²) in [4.78, 5) is 4.56. The summed E-state index contributed by atoms with van der Waals surface area (Å²) in [6.07, 6.45) is 4.75. The normalized spacial score (nSPS) is 26.9. The lowest BCUT2D eigenvalue weighted by Gasteiger charge is -2.23. The number of nitrogens with zero attached hydrogens (tertiary/aromatic N) is 1. The van der Waals surface area contributed by atoms with E-state index in [0.717, 1.165) is 36.9 Å². The Balaban J connectivity index is 1.54. The van der Waals surface area contributed by atoms with Crippen molar-refractivity contribution >= 4 is 17.5 Å². The van der Waals surface area contributed by atoms with Gasteiger partial charge < -0.3 is 10.1 Å². The molecule has 0 amide bonds. The van der Waals surface area contributed by atoms with E-state index < -0.39 is 0 Å². The lowest BCUT2D eigenvalue weighted by molar-refractivity contribution is 0.209. The van der Waals surface area contributed by atoms with Crippen molar-refractivity contribution in [2.75, 3.05) is 13.1 Å². The van der Waals surface area contributed by atoms with E-state index in [2.05, 4.69) is 22.4 Å². The zero-order valence-electron chi connectivity index (χ0n) is 10.9. The van der Waals surface area contributed by atoms with Crippen molar-refractivity contribution in [1.82, 2.24) is 5.32 Å². The summed E-state index contributed by atoms with van der Waals surface area (Å²) in [5.74, 6) is 0.915. The van der Waals surface area contributed by atoms with Crippen molar-refractivity contribution in [3.63, 3.8) is 0 Å². The minimum atomic E-state index is 0.180. The van der Waals surface area contributed by atoms with Crippen LogP contribution in [0.2, 0.25) is 5.02 Å². The Hall–Kier alpha value is -1.06. The van der Waals surface area contributed by atoms with Gasteiger partial charge in [-0.25, -0.2) is 0 Å². The second kappa shape index (κ2) is 5.93. The summed E-state index contributed by atoms with van der Waals surface area (Å²) in [6.45, 7) is 1.85. The first-order valence-electron chi connectivity index (χ1n) is 7.00. The molecule has 1 fully saturated rings. The molecule has 102 valence electrons. The molecule has 1 aromatic carbocycles. The minimum Gasteiger partial charge on any atom is -0.474 e. The van der Waals surface area contributed by atoms with Gasteiger partial charge in [0.25, 0.3) is 0 Å². The van der Waals surface area contributed by atoms with Crippen LogP contribution in [0.25, 0.3) is 0 Å². The highest BCUT2D eigenvalue weighted by Gasteiger charge is 2.27. The van der Waals surface area contributed by atoms with Gasteiger partial charge in [-0.3, -0.25) is 4.99 Å². The predicted octanol–water partition coefficient (Wildman–Crippen LogP) is 2.82. The van der Waals surface area contributed by atoms with Crippen LogP contribution in [0.5, 0.6) is 0 Å². The molecule has 1 saturated heterocycles. The van der Waals surface area contributed by atoms with Crippen molar-refractivity contribution in [2.45, 2.75) is 37.8 Å². The summed E-state index contributed by atoms with van der Waals surface area (Å²) in [5.41, 5.74) is 1.25. The van der Waals surface area contributed by atoms with Gasteiger partial charge in [-0.1, -0.05) is 30.2 Å². The summed E-state index contributed by atoms with van der Waals surface area (Å²) in [5, 5.41) is 4.26. The van der Waals surface area contributed by atoms with E-state index >= 15 is 0 Å². The third-order valence-electron chi connectivity index (χ3n) is 3.72. The molecule has 2 heterocycles. The van der Waals surface area contributed by atoms with Gasteiger partial charge in [0.1, 0.15) is 6.10 Å². The summed E-state index contributed by atoms with van der Waals surface area (Å²) in [7, 11) is 0. The highest BCUT2D eigenvalue weighted by molar-refractivity contribution is 6.30. The number of aliphatic imine (C=N–C) groups is 1.